The number of aryl methyl sites for hydroxylation is 1. The van der Waals surface area contributed by atoms with Gasteiger partial charge in [-0.3, -0.25) is 9.69 Å². The largest absolute Gasteiger partial charge is 0.573 e. The molecule has 1 fully saturated rings. The van der Waals surface area contributed by atoms with Crippen molar-refractivity contribution < 1.29 is 40.7 Å². The normalized spacial score (nSPS) is 14.9. The minimum atomic E-state index is -4.80. The summed E-state index contributed by atoms with van der Waals surface area (Å²) in [5.74, 6) is -0.889. The van der Waals surface area contributed by atoms with E-state index >= 15 is 0 Å². The van der Waals surface area contributed by atoms with Crippen LogP contribution in [-0.2, 0) is 11.0 Å². The molecule has 232 valence electrons. The third-order valence-corrected chi connectivity index (χ3v) is 6.95. The van der Waals surface area contributed by atoms with Crippen LogP contribution in [0.15, 0.2) is 83.2 Å². The second-order valence-corrected chi connectivity index (χ2v) is 10.2. The van der Waals surface area contributed by atoms with Crippen molar-refractivity contribution in [3.8, 4) is 22.8 Å². The summed E-state index contributed by atoms with van der Waals surface area (Å²) in [6, 6.07) is 14.1. The van der Waals surface area contributed by atoms with E-state index in [1.54, 1.807) is 31.2 Å². The van der Waals surface area contributed by atoms with E-state index in [0.29, 0.717) is 28.2 Å². The van der Waals surface area contributed by atoms with Gasteiger partial charge >= 0.3 is 18.6 Å². The van der Waals surface area contributed by atoms with E-state index in [-0.39, 0.29) is 16.7 Å². The van der Waals surface area contributed by atoms with E-state index in [4.69, 9.17) is 0 Å². The number of aromatic nitrogens is 3. The monoisotopic (exact) mass is 647 g/mol. The Morgan fingerprint density at radius 1 is 1.02 bits per heavy atom. The number of ether oxygens (including phenoxy) is 1. The molecule has 0 atom stereocenters. The van der Waals surface area contributed by atoms with Gasteiger partial charge in [-0.15, -0.1) is 18.3 Å². The first kappa shape index (κ1) is 31.2. The van der Waals surface area contributed by atoms with Crippen LogP contribution >= 0.6 is 11.8 Å². The van der Waals surface area contributed by atoms with E-state index in [1.807, 2.05) is 0 Å². The minimum absolute atomic E-state index is 0.191. The molecule has 1 saturated heterocycles. The number of amidine groups is 1. The van der Waals surface area contributed by atoms with Crippen molar-refractivity contribution >= 4 is 40.8 Å². The molecular formula is C28H19F6N7O3S. The molecular weight excluding hydrogens is 628 g/mol. The molecule has 3 aromatic carbocycles. The summed E-state index contributed by atoms with van der Waals surface area (Å²) in [6.45, 7) is 1.58. The standard InChI is InChI=1S/C28H19F6N7O3S/c1-16-2-11-21(27(29,30)31)22(12-16)41-23(42)14-45-26(41)37-25(43)38-36-13-17-3-5-18(6-4-17)24-35-15-40(39-24)19-7-9-20(10-8-19)44-28(32,33)34/h2-13,15H,14H2,1H3,(H,38,43)/b36-13+,37-26-. The van der Waals surface area contributed by atoms with Crippen LogP contribution in [0, 0.1) is 6.92 Å². The van der Waals surface area contributed by atoms with Crippen LogP contribution < -0.4 is 15.1 Å². The van der Waals surface area contributed by atoms with Gasteiger partial charge in [-0.1, -0.05) is 42.1 Å². The predicted octanol–water partition coefficient (Wildman–Crippen LogP) is 6.34. The number of rotatable bonds is 6. The number of anilines is 1. The third kappa shape index (κ3) is 7.67. The van der Waals surface area contributed by atoms with Crippen LogP contribution in [0.2, 0.25) is 0 Å². The second-order valence-electron chi connectivity index (χ2n) is 9.28. The van der Waals surface area contributed by atoms with Crippen molar-refractivity contribution in [1.82, 2.24) is 20.2 Å². The topological polar surface area (TPSA) is 114 Å². The Kier molecular flexibility index (Phi) is 8.63. The Morgan fingerprint density at radius 3 is 2.40 bits per heavy atom. The Labute approximate surface area is 254 Å². The molecule has 3 amide bonds. The SMILES string of the molecule is Cc1ccc(C(F)(F)F)c(N2C(=O)CS/C2=N\C(=O)N/N=C/c2ccc(-c3ncn(-c4ccc(OC(F)(F)F)cc4)n3)cc2)c1. The Morgan fingerprint density at radius 2 is 1.73 bits per heavy atom. The molecule has 17 heteroatoms. The average Bonchev–Trinajstić information content (AvgIpc) is 3.59. The third-order valence-electron chi connectivity index (χ3n) is 6.03. The zero-order valence-electron chi connectivity index (χ0n) is 22.8. The van der Waals surface area contributed by atoms with Gasteiger partial charge in [0.25, 0.3) is 0 Å². The van der Waals surface area contributed by atoms with Crippen LogP contribution in [0.5, 0.6) is 5.75 Å². The summed E-state index contributed by atoms with van der Waals surface area (Å²) in [7, 11) is 0. The number of aliphatic imine (C=N–C) groups is 1. The number of amides is 3. The minimum Gasteiger partial charge on any atom is -0.406 e. The van der Waals surface area contributed by atoms with E-state index in [2.05, 4.69) is 30.3 Å². The molecule has 10 nitrogen and oxygen atoms in total. The number of carbonyl (C=O) groups excluding carboxylic acids is 2. The van der Waals surface area contributed by atoms with E-state index < -0.39 is 35.7 Å². The first-order chi connectivity index (χ1) is 21.3. The number of carbonyl (C=O) groups is 2. The molecule has 1 aliphatic heterocycles. The fourth-order valence-electron chi connectivity index (χ4n) is 4.06. The van der Waals surface area contributed by atoms with Gasteiger partial charge in [-0.2, -0.15) is 23.3 Å². The van der Waals surface area contributed by atoms with Crippen molar-refractivity contribution in [3.05, 3.63) is 89.7 Å². The first-order valence-corrected chi connectivity index (χ1v) is 13.7. The molecule has 0 radical (unpaired) electrons. The van der Waals surface area contributed by atoms with Crippen LogP contribution in [0.1, 0.15) is 16.7 Å². The molecule has 1 aliphatic rings. The van der Waals surface area contributed by atoms with Gasteiger partial charge in [0.15, 0.2) is 11.0 Å². The molecule has 0 unspecified atom stereocenters. The van der Waals surface area contributed by atoms with Crippen molar-refractivity contribution in [2.75, 3.05) is 10.7 Å². The van der Waals surface area contributed by atoms with Gasteiger partial charge in [0.05, 0.1) is 28.9 Å². The highest BCUT2D eigenvalue weighted by atomic mass is 32.2. The van der Waals surface area contributed by atoms with E-state index in [0.717, 1.165) is 34.9 Å². The number of thioether (sulfide) groups is 1. The Hall–Kier alpha value is -5.19. The van der Waals surface area contributed by atoms with Crippen LogP contribution in [0.25, 0.3) is 17.1 Å². The lowest BCUT2D eigenvalue weighted by molar-refractivity contribution is -0.274. The number of nitrogens with zero attached hydrogens (tertiary/aromatic N) is 6. The van der Waals surface area contributed by atoms with Gasteiger partial charge < -0.3 is 4.74 Å². The highest BCUT2D eigenvalue weighted by Crippen LogP contribution is 2.39. The molecule has 0 aliphatic carbocycles. The molecule has 2 heterocycles. The van der Waals surface area contributed by atoms with Crippen molar-refractivity contribution in [2.45, 2.75) is 19.5 Å². The lowest BCUT2D eigenvalue weighted by Crippen LogP contribution is -2.32. The summed E-state index contributed by atoms with van der Waals surface area (Å²) in [5.41, 5.74) is 2.80. The number of hydrogen-bond acceptors (Lipinski definition) is 7. The number of nitrogens with one attached hydrogen (secondary N) is 1. The number of hydrogen-bond donors (Lipinski definition) is 1. The quantitative estimate of drug-likeness (QED) is 0.149. The number of halogens is 6. The molecule has 0 bridgehead atoms. The van der Waals surface area contributed by atoms with E-state index in [9.17, 15) is 35.9 Å². The summed E-state index contributed by atoms with van der Waals surface area (Å²) in [6.07, 6.45) is -6.84. The number of hydrazone groups is 1. The van der Waals surface area contributed by atoms with Crippen molar-refractivity contribution in [3.63, 3.8) is 0 Å². The molecule has 1 N–H and O–H groups in total. The Balaban J connectivity index is 1.22. The Bertz CT molecular complexity index is 1790. The summed E-state index contributed by atoms with van der Waals surface area (Å²) in [5, 5.41) is 7.91. The van der Waals surface area contributed by atoms with Crippen molar-refractivity contribution in [2.24, 2.45) is 10.1 Å². The molecule has 5 rings (SSSR count). The lowest BCUT2D eigenvalue weighted by Gasteiger charge is -2.21. The molecule has 45 heavy (non-hydrogen) atoms. The second kappa shape index (κ2) is 12.4. The molecule has 1 aromatic heterocycles. The maximum atomic E-state index is 13.6. The van der Waals surface area contributed by atoms with Gasteiger partial charge in [-0.05, 0) is 54.4 Å². The summed E-state index contributed by atoms with van der Waals surface area (Å²) < 4.78 is 83.1. The average molecular weight is 648 g/mol. The molecule has 0 saturated carbocycles. The predicted molar refractivity (Wildman–Crippen MR) is 153 cm³/mol. The fraction of sp³-hybridized carbons (Fsp3) is 0.143. The van der Waals surface area contributed by atoms with E-state index in [1.165, 1.54) is 41.5 Å². The van der Waals surface area contributed by atoms with Crippen LogP contribution in [0.4, 0.5) is 36.8 Å². The zero-order chi connectivity index (χ0) is 32.4. The first-order valence-electron chi connectivity index (χ1n) is 12.7. The fourth-order valence-corrected chi connectivity index (χ4v) is 4.92. The van der Waals surface area contributed by atoms with Crippen LogP contribution in [-0.4, -0.2) is 50.2 Å². The smallest absolute Gasteiger partial charge is 0.406 e. The van der Waals surface area contributed by atoms with Gasteiger partial charge in [0, 0.05) is 5.56 Å². The van der Waals surface area contributed by atoms with Gasteiger partial charge in [-0.25, -0.2) is 19.9 Å². The number of alkyl halides is 6. The highest BCUT2D eigenvalue weighted by Gasteiger charge is 2.40. The lowest BCUT2D eigenvalue weighted by atomic mass is 10.1. The zero-order valence-corrected chi connectivity index (χ0v) is 23.6. The van der Waals surface area contributed by atoms with Crippen molar-refractivity contribution in [1.29, 1.82) is 0 Å². The number of benzene rings is 3. The number of urea groups is 1. The summed E-state index contributed by atoms with van der Waals surface area (Å²) in [4.78, 5) is 33.6. The maximum absolute atomic E-state index is 13.6. The maximum Gasteiger partial charge on any atom is 0.573 e. The summed E-state index contributed by atoms with van der Waals surface area (Å²) >= 11 is 0.825. The molecule has 4 aromatic rings. The van der Waals surface area contributed by atoms with Gasteiger partial charge in [0.2, 0.25) is 5.91 Å². The van der Waals surface area contributed by atoms with Gasteiger partial charge in [0.1, 0.15) is 12.1 Å². The molecule has 0 spiro atoms. The highest BCUT2D eigenvalue weighted by molar-refractivity contribution is 8.15. The van der Waals surface area contributed by atoms with Crippen LogP contribution in [0.3, 0.4) is 0 Å².